The van der Waals surface area contributed by atoms with Crippen LogP contribution in [0.15, 0.2) is 109 Å². The van der Waals surface area contributed by atoms with E-state index in [2.05, 4.69) is 49.0 Å². The fourth-order valence-electron chi connectivity index (χ4n) is 16.6. The molecule has 2 bridgehead atoms. The highest BCUT2D eigenvalue weighted by molar-refractivity contribution is 7.85. The summed E-state index contributed by atoms with van der Waals surface area (Å²) in [6, 6.07) is 24.9. The predicted molar refractivity (Wildman–Crippen MR) is 400 cm³/mol. The van der Waals surface area contributed by atoms with Gasteiger partial charge >= 0.3 is 18.0 Å². The Kier molecular flexibility index (Phi) is 24.1. The first-order chi connectivity index (χ1) is 51.9. The molecule has 12 rings (SSSR count). The lowest BCUT2D eigenvalue weighted by Crippen LogP contribution is -2.61. The van der Waals surface area contributed by atoms with Gasteiger partial charge in [0.15, 0.2) is 16.9 Å². The van der Waals surface area contributed by atoms with Gasteiger partial charge in [-0.2, -0.15) is 26.1 Å². The number of anilines is 1. The Balaban J connectivity index is 0.703. The van der Waals surface area contributed by atoms with Gasteiger partial charge in [0.25, 0.3) is 27.8 Å². The maximum atomic E-state index is 14.3. The number of nitrogens with zero attached hydrogens (tertiary/aromatic N) is 7. The van der Waals surface area contributed by atoms with Crippen LogP contribution in [0.3, 0.4) is 0 Å². The van der Waals surface area contributed by atoms with E-state index in [1.54, 1.807) is 36.5 Å². The van der Waals surface area contributed by atoms with Gasteiger partial charge in [-0.05, 0) is 134 Å². The largest absolute Gasteiger partial charge is 0.479 e. The van der Waals surface area contributed by atoms with Gasteiger partial charge in [0.1, 0.15) is 36.7 Å². The highest BCUT2D eigenvalue weighted by Crippen LogP contribution is 2.60. The Morgan fingerprint density at radius 3 is 2.38 bits per heavy atom. The Morgan fingerprint density at radius 1 is 0.853 bits per heavy atom. The van der Waals surface area contributed by atoms with Crippen molar-refractivity contribution in [2.75, 3.05) is 62.8 Å². The minimum atomic E-state index is -4.63. The monoisotopic (exact) mass is 1560 g/mol. The third-order valence-electron chi connectivity index (χ3n) is 20.8. The quantitative estimate of drug-likeness (QED) is 0.00905. The number of aromatic nitrogens is 4. The number of para-hydroxylation sites is 1. The molecule has 11 atom stereocenters. The SMILES string of the molecule is Cc1c(-c2ccc(-c3ccc4cccc(C(=O)Nc5nc6ccccc6s5)c4c3)nc2C(=O)O)cnn1CC1(C)CC2(C)CC(C)CC(OCCN(CCS(=O)(=O)O)C(=O)OCc3ccc(CCCCNC(=O)CN4C(=O)[C@@H](N5C(=O)C=CC5=O)C[C@H]4COCCS)cc3OC3OC(C(=O)O)C(O)C(O)[C@H]3O)(C2)C1. The molecule has 2 saturated heterocycles. The summed E-state index contributed by atoms with van der Waals surface area (Å²) in [6.07, 6.45) is -2.44. The minimum Gasteiger partial charge on any atom is -0.479 e. The van der Waals surface area contributed by atoms with Crippen LogP contribution in [0.25, 0.3) is 43.4 Å². The maximum absolute atomic E-state index is 14.3. The standard InChI is InChI=1S/C76H87N9O21S3/c1-43-33-74(3)39-75(4,42-84-44(2)53(35-78-84)50-19-20-54(79-62(50)69(94)95)47-18-17-46-11-9-12-51(52(46)31-47)67(92)81-72-80-55-13-5-6-14-58(55)108-72)41-76(34-43,40-74)104-26-24-82(25-29-109(99,100)101)73(98)103-37-48-16-15-45(30-57(48)105-71-65(91)63(89)64(90)66(106-71)70(96)97)10-7-8-23-77-59(86)36-83-49(38-102-27-28-107)32-56(68(83)93)85-60(87)21-22-61(85)88/h5-6,9,11-22,30-31,35,43,49,56,63-66,71,89-91,107H,7-8,10,23-29,32-34,36-42H2,1-4H3,(H,77,86)(H,94,95)(H,96,97)(H,80,81,92)(H,99,100,101)/t43?,49-,56-,63?,64?,65+,66?,71?,74?,75?,76?/m0/s1. The topological polar surface area (TPSA) is 416 Å². The molecule has 6 amide bonds. The van der Waals surface area contributed by atoms with Crippen molar-refractivity contribution in [3.05, 3.63) is 137 Å². The minimum absolute atomic E-state index is 0.0470. The van der Waals surface area contributed by atoms with Gasteiger partial charge < -0.3 is 64.3 Å². The average molecular weight is 1560 g/mol. The van der Waals surface area contributed by atoms with E-state index >= 15 is 0 Å². The molecule has 0 spiro atoms. The lowest BCUT2D eigenvalue weighted by molar-refractivity contribution is -0.271. The molecule has 3 aliphatic heterocycles. The fourth-order valence-corrected chi connectivity index (χ4v) is 18.0. The molecule has 0 radical (unpaired) electrons. The van der Waals surface area contributed by atoms with Crippen LogP contribution >= 0.6 is 24.0 Å². The number of nitrogens with one attached hydrogen (secondary N) is 2. The van der Waals surface area contributed by atoms with E-state index in [9.17, 15) is 76.9 Å². The number of amides is 6. The number of rotatable bonds is 31. The predicted octanol–water partition coefficient (Wildman–Crippen LogP) is 7.09. The van der Waals surface area contributed by atoms with E-state index in [0.29, 0.717) is 101 Å². The third kappa shape index (κ3) is 18.3. The van der Waals surface area contributed by atoms with Crippen molar-refractivity contribution in [2.24, 2.45) is 16.7 Å². The van der Waals surface area contributed by atoms with Crippen LogP contribution < -0.4 is 15.4 Å². The summed E-state index contributed by atoms with van der Waals surface area (Å²) in [7, 11) is -4.63. The molecule has 7 aromatic rings. The zero-order valence-electron chi connectivity index (χ0n) is 60.4. The lowest BCUT2D eigenvalue weighted by Gasteiger charge is -2.58. The first kappa shape index (κ1) is 79.3. The summed E-state index contributed by atoms with van der Waals surface area (Å²) in [5, 5.41) is 65.3. The van der Waals surface area contributed by atoms with Gasteiger partial charge in [-0.15, -0.1) is 0 Å². The number of benzene rings is 4. The van der Waals surface area contributed by atoms with Crippen molar-refractivity contribution in [2.45, 2.75) is 147 Å². The van der Waals surface area contributed by atoms with Gasteiger partial charge in [-0.25, -0.2) is 24.4 Å². The van der Waals surface area contributed by atoms with Crippen LogP contribution in [-0.2, 0) is 72.6 Å². The summed E-state index contributed by atoms with van der Waals surface area (Å²) < 4.78 is 67.3. The highest BCUT2D eigenvalue weighted by Gasteiger charge is 2.56. The van der Waals surface area contributed by atoms with Crippen LogP contribution in [0.4, 0.5) is 9.93 Å². The normalized spacial score (nSPS) is 24.8. The van der Waals surface area contributed by atoms with Crippen LogP contribution in [0, 0.1) is 23.7 Å². The zero-order chi connectivity index (χ0) is 77.9. The number of aliphatic hydroxyl groups excluding tert-OH is 3. The number of aryl methyl sites for hydroxylation is 1. The molecule has 8 unspecified atom stereocenters. The number of ether oxygens (including phenoxy) is 5. The molecule has 2 saturated carbocycles. The number of likely N-dealkylation sites (tertiary alicyclic amines) is 1. The summed E-state index contributed by atoms with van der Waals surface area (Å²) in [5.41, 5.74) is 2.86. The van der Waals surface area contributed by atoms with Gasteiger partial charge in [-0.3, -0.25) is 43.4 Å². The van der Waals surface area contributed by atoms with Crippen molar-refractivity contribution in [1.82, 2.24) is 39.8 Å². The highest BCUT2D eigenvalue weighted by atomic mass is 32.2. The third-order valence-corrected chi connectivity index (χ3v) is 22.6. The number of aliphatic carboxylic acids is 1. The summed E-state index contributed by atoms with van der Waals surface area (Å²) >= 11 is 5.52. The molecule has 4 aromatic carbocycles. The number of carboxylic acid groups (broad SMARTS) is 2. The fraction of sp³-hybridized carbons (Fsp3) is 0.461. The number of aliphatic hydroxyl groups is 3. The maximum Gasteiger partial charge on any atom is 0.410 e. The number of thiol groups is 1. The molecule has 6 heterocycles. The summed E-state index contributed by atoms with van der Waals surface area (Å²) in [4.78, 5) is 118. The number of aromatic carboxylic acids is 1. The molecule has 8 N–H and O–H groups in total. The molecule has 3 aromatic heterocycles. The molecule has 580 valence electrons. The average Bonchev–Trinajstić information content (AvgIpc) is 1.22. The van der Waals surface area contributed by atoms with Crippen LogP contribution in [0.5, 0.6) is 5.75 Å². The van der Waals surface area contributed by atoms with Gasteiger partial charge in [0, 0.05) is 84.0 Å². The number of carbonyl (C=O) groups excluding carboxylic acids is 6. The second-order valence-electron chi connectivity index (χ2n) is 29.6. The smallest absolute Gasteiger partial charge is 0.410 e. The first-order valence-corrected chi connectivity index (χ1v) is 39.0. The zero-order valence-corrected chi connectivity index (χ0v) is 62.9. The molecular weight excluding hydrogens is 1470 g/mol. The van der Waals surface area contributed by atoms with Crippen LogP contribution in [-0.4, -0.2) is 226 Å². The van der Waals surface area contributed by atoms with Crippen molar-refractivity contribution in [3.8, 4) is 28.1 Å². The summed E-state index contributed by atoms with van der Waals surface area (Å²) in [6.45, 7) is 7.56. The number of unbranched alkanes of at least 4 members (excludes halogenated alkanes) is 1. The van der Waals surface area contributed by atoms with E-state index in [0.717, 1.165) is 50.4 Å². The molecular formula is C76H87N9O21S3. The van der Waals surface area contributed by atoms with E-state index in [4.69, 9.17) is 33.8 Å². The number of thiazole rings is 1. The number of hydrogen-bond donors (Lipinski definition) is 9. The van der Waals surface area contributed by atoms with Gasteiger partial charge in [-0.1, -0.05) is 80.6 Å². The number of hydrogen-bond acceptors (Lipinski definition) is 23. The number of carbonyl (C=O) groups is 8. The summed E-state index contributed by atoms with van der Waals surface area (Å²) in [5.74, 6) is -5.96. The molecule has 30 nitrogen and oxygen atoms in total. The second kappa shape index (κ2) is 33.1. The van der Waals surface area contributed by atoms with Gasteiger partial charge in [0.2, 0.25) is 18.1 Å². The first-order valence-electron chi connectivity index (χ1n) is 35.9. The Hall–Kier alpha value is -9.29. The number of pyridine rings is 1. The van der Waals surface area contributed by atoms with Crippen molar-refractivity contribution < 1.29 is 101 Å². The Morgan fingerprint density at radius 2 is 1.63 bits per heavy atom. The molecule has 33 heteroatoms. The molecule has 2 aliphatic carbocycles. The number of fused-ring (bicyclic) bond motifs is 4. The molecule has 4 fully saturated rings. The van der Waals surface area contributed by atoms with Crippen molar-refractivity contribution >= 4 is 108 Å². The van der Waals surface area contributed by atoms with E-state index in [1.807, 2.05) is 60.1 Å². The molecule has 109 heavy (non-hydrogen) atoms. The van der Waals surface area contributed by atoms with Gasteiger partial charge in [0.05, 0.1) is 65.9 Å². The number of carboxylic acids is 2. The Labute approximate surface area is 636 Å². The van der Waals surface area contributed by atoms with Crippen molar-refractivity contribution in [3.63, 3.8) is 0 Å². The molecule has 5 aliphatic rings. The lowest BCUT2D eigenvalue weighted by atomic mass is 9.51. The van der Waals surface area contributed by atoms with E-state index in [1.165, 1.54) is 28.4 Å². The van der Waals surface area contributed by atoms with Crippen molar-refractivity contribution in [1.29, 1.82) is 0 Å². The Bertz CT molecular complexity index is 4750. The van der Waals surface area contributed by atoms with E-state index in [-0.39, 0.29) is 80.1 Å². The van der Waals surface area contributed by atoms with Crippen LogP contribution in [0.2, 0.25) is 0 Å². The van der Waals surface area contributed by atoms with E-state index < -0.39 is 124 Å². The van der Waals surface area contributed by atoms with Crippen LogP contribution in [0.1, 0.15) is 110 Å². The second-order valence-corrected chi connectivity index (χ2v) is 32.6. The number of imide groups is 1.